The topological polar surface area (TPSA) is 100 Å². The van der Waals surface area contributed by atoms with Crippen LogP contribution in [0.3, 0.4) is 0 Å². The van der Waals surface area contributed by atoms with E-state index >= 15 is 0 Å². The molecule has 1 aromatic rings. The molecule has 1 aromatic carbocycles. The monoisotopic (exact) mass is 419 g/mol. The molecule has 2 N–H and O–H groups in total. The maximum absolute atomic E-state index is 11.6. The van der Waals surface area contributed by atoms with E-state index in [1.54, 1.807) is 12.1 Å². The van der Waals surface area contributed by atoms with Crippen LogP contribution in [0.4, 0.5) is 0 Å². The fraction of sp³-hybridized carbons (Fsp3) is 0.231. The van der Waals surface area contributed by atoms with Crippen molar-refractivity contribution in [2.24, 2.45) is 10.2 Å². The molecule has 0 saturated carbocycles. The number of aliphatic carboxylic acids is 1. The van der Waals surface area contributed by atoms with E-state index in [-0.39, 0.29) is 11.6 Å². The van der Waals surface area contributed by atoms with Crippen LogP contribution < -0.4 is 10.1 Å². The van der Waals surface area contributed by atoms with Crippen LogP contribution in [0.2, 0.25) is 5.02 Å². The molecule has 1 atom stereocenters. The molecule has 122 valence electrons. The van der Waals surface area contributed by atoms with Gasteiger partial charge in [-0.1, -0.05) is 23.4 Å². The van der Waals surface area contributed by atoms with E-state index in [0.717, 1.165) is 11.8 Å². The van der Waals surface area contributed by atoms with Gasteiger partial charge in [0.25, 0.3) is 0 Å². The first-order valence-electron chi connectivity index (χ1n) is 6.24. The number of hydrogen-bond acceptors (Lipinski definition) is 6. The van der Waals surface area contributed by atoms with Crippen molar-refractivity contribution >= 4 is 62.6 Å². The van der Waals surface area contributed by atoms with Gasteiger partial charge in [-0.15, -0.1) is 5.10 Å². The number of halogens is 2. The van der Waals surface area contributed by atoms with Crippen molar-refractivity contribution in [1.29, 1.82) is 0 Å². The predicted octanol–water partition coefficient (Wildman–Crippen LogP) is 2.51. The van der Waals surface area contributed by atoms with Gasteiger partial charge >= 0.3 is 5.97 Å². The van der Waals surface area contributed by atoms with E-state index in [2.05, 4.69) is 31.4 Å². The molecular formula is C13H11BrClN3O4S. The van der Waals surface area contributed by atoms with E-state index in [1.807, 2.05) is 0 Å². The number of carbonyl (C=O) groups is 2. The zero-order valence-corrected chi connectivity index (χ0v) is 14.9. The molecule has 1 amide bonds. The molecule has 1 aliphatic heterocycles. The second-order valence-electron chi connectivity index (χ2n) is 4.32. The first-order valence-corrected chi connectivity index (χ1v) is 8.29. The SMILES string of the molecule is COc1ccc(Br)c(Cl)c1C=NN=C1NC(=O)C(CC(=O)O)S1. The minimum atomic E-state index is -1.05. The lowest BCUT2D eigenvalue weighted by Gasteiger charge is -2.07. The molecule has 0 aliphatic carbocycles. The second-order valence-corrected chi connectivity index (χ2v) is 6.74. The summed E-state index contributed by atoms with van der Waals surface area (Å²) in [5.41, 5.74) is 0.532. The van der Waals surface area contributed by atoms with Crippen LogP contribution in [0.15, 0.2) is 26.8 Å². The quantitative estimate of drug-likeness (QED) is 0.563. The molecule has 1 heterocycles. The molecule has 0 spiro atoms. The number of amides is 1. The number of nitrogens with one attached hydrogen (secondary N) is 1. The Kier molecular flexibility index (Phi) is 6.03. The molecule has 0 bridgehead atoms. The van der Waals surface area contributed by atoms with E-state index in [0.29, 0.717) is 20.8 Å². The van der Waals surface area contributed by atoms with Crippen LogP contribution in [0.25, 0.3) is 0 Å². The Morgan fingerprint density at radius 2 is 2.35 bits per heavy atom. The summed E-state index contributed by atoms with van der Waals surface area (Å²) >= 11 is 10.5. The maximum atomic E-state index is 11.6. The summed E-state index contributed by atoms with van der Waals surface area (Å²) in [6.07, 6.45) is 1.13. The lowest BCUT2D eigenvalue weighted by molar-refractivity contribution is -0.138. The third-order valence-electron chi connectivity index (χ3n) is 2.78. The highest BCUT2D eigenvalue weighted by atomic mass is 79.9. The average Bonchev–Trinajstić information content (AvgIpc) is 2.83. The summed E-state index contributed by atoms with van der Waals surface area (Å²) in [4.78, 5) is 22.2. The van der Waals surface area contributed by atoms with E-state index in [4.69, 9.17) is 21.4 Å². The van der Waals surface area contributed by atoms with Crippen molar-refractivity contribution in [1.82, 2.24) is 5.32 Å². The van der Waals surface area contributed by atoms with Gasteiger partial charge in [0.05, 0.1) is 30.3 Å². The van der Waals surface area contributed by atoms with Crippen molar-refractivity contribution in [3.8, 4) is 5.75 Å². The summed E-state index contributed by atoms with van der Waals surface area (Å²) in [5, 5.41) is 18.9. The molecule has 1 saturated heterocycles. The van der Waals surface area contributed by atoms with Crippen molar-refractivity contribution in [3.63, 3.8) is 0 Å². The van der Waals surface area contributed by atoms with Crippen LogP contribution in [0.1, 0.15) is 12.0 Å². The number of nitrogens with zero attached hydrogens (tertiary/aromatic N) is 2. The van der Waals surface area contributed by atoms with Gasteiger partial charge in [-0.05, 0) is 28.1 Å². The van der Waals surface area contributed by atoms with Crippen molar-refractivity contribution in [2.75, 3.05) is 7.11 Å². The molecule has 1 aliphatic rings. The number of benzene rings is 1. The minimum Gasteiger partial charge on any atom is -0.496 e. The number of rotatable bonds is 5. The normalized spacial score (nSPS) is 19.3. The fourth-order valence-electron chi connectivity index (χ4n) is 1.73. The minimum absolute atomic E-state index is 0.239. The number of hydrogen-bond donors (Lipinski definition) is 2. The van der Waals surface area contributed by atoms with Crippen molar-refractivity contribution < 1.29 is 19.4 Å². The summed E-state index contributed by atoms with van der Waals surface area (Å²) in [5.74, 6) is -0.925. The highest BCUT2D eigenvalue weighted by Gasteiger charge is 2.32. The Bertz CT molecular complexity index is 711. The van der Waals surface area contributed by atoms with Crippen LogP contribution in [0.5, 0.6) is 5.75 Å². The number of carboxylic acid groups (broad SMARTS) is 1. The largest absolute Gasteiger partial charge is 0.496 e. The number of carbonyl (C=O) groups excluding carboxylic acids is 1. The maximum Gasteiger partial charge on any atom is 0.305 e. The molecule has 10 heteroatoms. The van der Waals surface area contributed by atoms with Gasteiger partial charge in [0.15, 0.2) is 5.17 Å². The van der Waals surface area contributed by atoms with Gasteiger partial charge < -0.3 is 15.2 Å². The van der Waals surface area contributed by atoms with Gasteiger partial charge in [0.2, 0.25) is 5.91 Å². The Balaban J connectivity index is 2.15. The van der Waals surface area contributed by atoms with Gasteiger partial charge in [0, 0.05) is 4.47 Å². The van der Waals surface area contributed by atoms with E-state index in [1.165, 1.54) is 13.3 Å². The fourth-order valence-corrected chi connectivity index (χ4v) is 3.20. The first-order chi connectivity index (χ1) is 10.9. The summed E-state index contributed by atoms with van der Waals surface area (Å²) in [7, 11) is 1.51. The molecule has 7 nitrogen and oxygen atoms in total. The van der Waals surface area contributed by atoms with Gasteiger partial charge in [-0.25, -0.2) is 0 Å². The van der Waals surface area contributed by atoms with Gasteiger partial charge in [-0.2, -0.15) is 5.10 Å². The van der Waals surface area contributed by atoms with Crippen molar-refractivity contribution in [3.05, 3.63) is 27.2 Å². The molecule has 0 radical (unpaired) electrons. The molecule has 1 fully saturated rings. The van der Waals surface area contributed by atoms with E-state index in [9.17, 15) is 9.59 Å². The summed E-state index contributed by atoms with van der Waals surface area (Å²) < 4.78 is 5.88. The van der Waals surface area contributed by atoms with E-state index < -0.39 is 17.1 Å². The second kappa shape index (κ2) is 7.80. The number of carboxylic acids is 1. The number of ether oxygens (including phenoxy) is 1. The molecule has 1 unspecified atom stereocenters. The zero-order valence-electron chi connectivity index (χ0n) is 11.7. The third-order valence-corrected chi connectivity index (χ3v) is 5.15. The van der Waals surface area contributed by atoms with Crippen LogP contribution in [-0.2, 0) is 9.59 Å². The predicted molar refractivity (Wildman–Crippen MR) is 92.5 cm³/mol. The molecule has 23 heavy (non-hydrogen) atoms. The Morgan fingerprint density at radius 1 is 1.61 bits per heavy atom. The zero-order chi connectivity index (χ0) is 17.0. The number of methoxy groups -OCH3 is 1. The first kappa shape index (κ1) is 17.8. The average molecular weight is 421 g/mol. The molecule has 2 rings (SSSR count). The highest BCUT2D eigenvalue weighted by molar-refractivity contribution is 9.10. The van der Waals surface area contributed by atoms with Crippen LogP contribution in [-0.4, -0.2) is 40.7 Å². The standard InChI is InChI=1S/C13H11BrClN3O4S/c1-22-8-3-2-7(14)11(15)6(8)5-16-18-13-17-12(21)9(23-13)4-10(19)20/h2-3,5,9H,4H2,1H3,(H,19,20)(H,17,18,21). The van der Waals surface area contributed by atoms with Crippen LogP contribution >= 0.6 is 39.3 Å². The number of thioether (sulfide) groups is 1. The summed E-state index contributed by atoms with van der Waals surface area (Å²) in [6, 6.07) is 3.47. The molecule has 0 aromatic heterocycles. The Labute approximate surface area is 149 Å². The third kappa shape index (κ3) is 4.46. The van der Waals surface area contributed by atoms with Gasteiger partial charge in [0.1, 0.15) is 11.0 Å². The molecular weight excluding hydrogens is 410 g/mol. The smallest absolute Gasteiger partial charge is 0.305 e. The summed E-state index contributed by atoms with van der Waals surface area (Å²) in [6.45, 7) is 0. The Hall–Kier alpha value is -1.58. The lowest BCUT2D eigenvalue weighted by Crippen LogP contribution is -2.26. The number of amidine groups is 1. The van der Waals surface area contributed by atoms with Gasteiger partial charge in [-0.3, -0.25) is 9.59 Å². The Morgan fingerprint density at radius 3 is 3.00 bits per heavy atom. The van der Waals surface area contributed by atoms with Crippen LogP contribution in [0, 0.1) is 0 Å². The lowest BCUT2D eigenvalue weighted by atomic mass is 10.2. The van der Waals surface area contributed by atoms with Crippen molar-refractivity contribution in [2.45, 2.75) is 11.7 Å². The highest BCUT2D eigenvalue weighted by Crippen LogP contribution is 2.32.